The third-order valence-electron chi connectivity index (χ3n) is 1.22. The molecule has 0 amide bonds. The van der Waals surface area contributed by atoms with Crippen molar-refractivity contribution in [3.63, 3.8) is 0 Å². The van der Waals surface area contributed by atoms with E-state index in [0.29, 0.717) is 6.54 Å². The molecule has 0 aromatic heterocycles. The SMILES string of the molecule is CN(C)C[CH]C(C)(O)CO. The molecule has 0 saturated heterocycles. The Balaban J connectivity index is 3.46. The molecule has 61 valence electrons. The fraction of sp³-hybridized carbons (Fsp3) is 0.857. The molecule has 0 aliphatic carbocycles. The number of nitrogens with zero attached hydrogens (tertiary/aromatic N) is 1. The maximum Gasteiger partial charge on any atom is 0.0893 e. The average molecular weight is 146 g/mol. The highest BCUT2D eigenvalue weighted by Crippen LogP contribution is 2.05. The zero-order valence-corrected chi connectivity index (χ0v) is 6.83. The van der Waals surface area contributed by atoms with Gasteiger partial charge in [-0.2, -0.15) is 0 Å². The van der Waals surface area contributed by atoms with Crippen LogP contribution in [0.25, 0.3) is 0 Å². The molecule has 0 heterocycles. The molecule has 10 heavy (non-hydrogen) atoms. The molecule has 0 aromatic rings. The molecular weight excluding hydrogens is 130 g/mol. The van der Waals surface area contributed by atoms with E-state index in [2.05, 4.69) is 0 Å². The molecule has 0 saturated carbocycles. The number of rotatable bonds is 4. The summed E-state index contributed by atoms with van der Waals surface area (Å²) >= 11 is 0. The predicted octanol–water partition coefficient (Wildman–Crippen LogP) is -0.504. The number of hydrogen-bond donors (Lipinski definition) is 2. The van der Waals surface area contributed by atoms with E-state index < -0.39 is 5.60 Å². The van der Waals surface area contributed by atoms with Crippen molar-refractivity contribution in [2.45, 2.75) is 12.5 Å². The van der Waals surface area contributed by atoms with E-state index >= 15 is 0 Å². The first-order valence-electron chi connectivity index (χ1n) is 3.30. The Bertz CT molecular complexity index is 91.6. The van der Waals surface area contributed by atoms with Gasteiger partial charge in [0, 0.05) is 13.0 Å². The molecule has 2 N–H and O–H groups in total. The van der Waals surface area contributed by atoms with Crippen LogP contribution in [0.2, 0.25) is 0 Å². The summed E-state index contributed by atoms with van der Waals surface area (Å²) in [6, 6.07) is 0. The smallest absolute Gasteiger partial charge is 0.0893 e. The van der Waals surface area contributed by atoms with E-state index in [1.807, 2.05) is 19.0 Å². The molecule has 0 spiro atoms. The molecule has 3 nitrogen and oxygen atoms in total. The van der Waals surface area contributed by atoms with Gasteiger partial charge in [0.1, 0.15) is 0 Å². The Morgan fingerprint density at radius 1 is 1.50 bits per heavy atom. The molecule has 3 heteroatoms. The van der Waals surface area contributed by atoms with E-state index in [4.69, 9.17) is 5.11 Å². The molecule has 0 fully saturated rings. The van der Waals surface area contributed by atoms with Crippen LogP contribution in [0.3, 0.4) is 0 Å². The van der Waals surface area contributed by atoms with Crippen molar-refractivity contribution in [3.05, 3.63) is 6.42 Å². The second-order valence-corrected chi connectivity index (χ2v) is 2.98. The number of hydrogen-bond acceptors (Lipinski definition) is 3. The van der Waals surface area contributed by atoms with Gasteiger partial charge >= 0.3 is 0 Å². The molecular formula is C7H16NO2. The summed E-state index contributed by atoms with van der Waals surface area (Å²) in [5, 5.41) is 17.8. The second kappa shape index (κ2) is 3.91. The van der Waals surface area contributed by atoms with Crippen molar-refractivity contribution in [3.8, 4) is 0 Å². The van der Waals surface area contributed by atoms with Gasteiger partial charge in [0.2, 0.25) is 0 Å². The first-order valence-corrected chi connectivity index (χ1v) is 3.30. The summed E-state index contributed by atoms with van der Waals surface area (Å²) in [7, 11) is 3.81. The highest BCUT2D eigenvalue weighted by atomic mass is 16.3. The van der Waals surface area contributed by atoms with Crippen molar-refractivity contribution in [1.82, 2.24) is 4.90 Å². The van der Waals surface area contributed by atoms with Gasteiger partial charge in [0.25, 0.3) is 0 Å². The Morgan fingerprint density at radius 2 is 2.00 bits per heavy atom. The van der Waals surface area contributed by atoms with Crippen LogP contribution in [0.4, 0.5) is 0 Å². The zero-order valence-electron chi connectivity index (χ0n) is 6.83. The fourth-order valence-electron chi connectivity index (χ4n) is 0.444. The molecule has 0 aromatic carbocycles. The molecule has 1 atom stereocenters. The summed E-state index contributed by atoms with van der Waals surface area (Å²) < 4.78 is 0. The summed E-state index contributed by atoms with van der Waals surface area (Å²) in [5.74, 6) is 0. The third-order valence-corrected chi connectivity index (χ3v) is 1.22. The maximum absolute atomic E-state index is 9.24. The minimum atomic E-state index is -1.04. The zero-order chi connectivity index (χ0) is 8.20. The van der Waals surface area contributed by atoms with Gasteiger partial charge in [-0.3, -0.25) is 0 Å². The minimum absolute atomic E-state index is 0.221. The lowest BCUT2D eigenvalue weighted by molar-refractivity contribution is 0.0252. The predicted molar refractivity (Wildman–Crippen MR) is 40.6 cm³/mol. The highest BCUT2D eigenvalue weighted by molar-refractivity contribution is 4.89. The lowest BCUT2D eigenvalue weighted by Gasteiger charge is -2.21. The van der Waals surface area contributed by atoms with Crippen LogP contribution in [0.15, 0.2) is 0 Å². The standard InChI is InChI=1S/C7H16NO2/c1-7(10,6-9)4-5-8(2)3/h4,9-10H,5-6H2,1-3H3. The van der Waals surface area contributed by atoms with Gasteiger partial charge in [-0.25, -0.2) is 0 Å². The van der Waals surface area contributed by atoms with Gasteiger partial charge in [0.15, 0.2) is 0 Å². The van der Waals surface area contributed by atoms with E-state index in [1.54, 1.807) is 13.3 Å². The van der Waals surface area contributed by atoms with Crippen molar-refractivity contribution in [2.24, 2.45) is 0 Å². The van der Waals surface area contributed by atoms with E-state index in [-0.39, 0.29) is 6.61 Å². The molecule has 0 aliphatic heterocycles. The van der Waals surface area contributed by atoms with E-state index in [1.165, 1.54) is 0 Å². The van der Waals surface area contributed by atoms with Gasteiger partial charge in [-0.05, 0) is 21.0 Å². The molecule has 1 radical (unpaired) electrons. The van der Waals surface area contributed by atoms with E-state index in [0.717, 1.165) is 0 Å². The van der Waals surface area contributed by atoms with Gasteiger partial charge in [-0.15, -0.1) is 0 Å². The first-order chi connectivity index (χ1) is 4.48. The Hall–Kier alpha value is -0.120. The summed E-state index contributed by atoms with van der Waals surface area (Å²) in [5.41, 5.74) is -1.04. The lowest BCUT2D eigenvalue weighted by atomic mass is 10.0. The van der Waals surface area contributed by atoms with Crippen molar-refractivity contribution in [1.29, 1.82) is 0 Å². The summed E-state index contributed by atoms with van der Waals surface area (Å²) in [6.45, 7) is 2.03. The Morgan fingerprint density at radius 3 is 2.30 bits per heavy atom. The maximum atomic E-state index is 9.24. The number of aliphatic hydroxyl groups excluding tert-OH is 1. The topological polar surface area (TPSA) is 43.7 Å². The molecule has 0 aliphatic rings. The summed E-state index contributed by atoms with van der Waals surface area (Å²) in [4.78, 5) is 1.92. The van der Waals surface area contributed by atoms with Crippen LogP contribution in [0.5, 0.6) is 0 Å². The highest BCUT2D eigenvalue weighted by Gasteiger charge is 2.18. The van der Waals surface area contributed by atoms with Gasteiger partial charge in [0.05, 0.1) is 12.2 Å². The third kappa shape index (κ3) is 4.73. The molecule has 0 bridgehead atoms. The van der Waals surface area contributed by atoms with Crippen LogP contribution in [0, 0.1) is 6.42 Å². The van der Waals surface area contributed by atoms with Crippen LogP contribution in [-0.4, -0.2) is 48.0 Å². The monoisotopic (exact) mass is 146 g/mol. The molecule has 0 rings (SSSR count). The second-order valence-electron chi connectivity index (χ2n) is 2.98. The normalized spacial score (nSPS) is 17.4. The summed E-state index contributed by atoms with van der Waals surface area (Å²) in [6.07, 6.45) is 1.67. The Kier molecular flexibility index (Phi) is 3.86. The first kappa shape index (κ1) is 9.88. The molecule has 1 unspecified atom stereocenters. The van der Waals surface area contributed by atoms with Gasteiger partial charge in [-0.1, -0.05) is 0 Å². The van der Waals surface area contributed by atoms with Gasteiger partial charge < -0.3 is 15.1 Å². The van der Waals surface area contributed by atoms with Crippen molar-refractivity contribution < 1.29 is 10.2 Å². The van der Waals surface area contributed by atoms with Crippen LogP contribution < -0.4 is 0 Å². The largest absolute Gasteiger partial charge is 0.393 e. The quantitative estimate of drug-likeness (QED) is 0.561. The Labute approximate surface area is 62.3 Å². The average Bonchev–Trinajstić information content (AvgIpc) is 1.85. The lowest BCUT2D eigenvalue weighted by Crippen LogP contribution is -2.33. The fourth-order valence-corrected chi connectivity index (χ4v) is 0.444. The van der Waals surface area contributed by atoms with Crippen molar-refractivity contribution >= 4 is 0 Å². The minimum Gasteiger partial charge on any atom is -0.393 e. The van der Waals surface area contributed by atoms with Crippen LogP contribution in [0.1, 0.15) is 6.92 Å². The van der Waals surface area contributed by atoms with Crippen LogP contribution >= 0.6 is 0 Å². The van der Waals surface area contributed by atoms with Crippen LogP contribution in [-0.2, 0) is 0 Å². The van der Waals surface area contributed by atoms with Crippen molar-refractivity contribution in [2.75, 3.05) is 27.2 Å². The number of aliphatic hydroxyl groups is 2. The van der Waals surface area contributed by atoms with E-state index in [9.17, 15) is 5.11 Å².